The Morgan fingerprint density at radius 3 is 2.78 bits per heavy atom. The molecule has 5 heteroatoms. The summed E-state index contributed by atoms with van der Waals surface area (Å²) in [6.45, 7) is 1.85. The van der Waals surface area contributed by atoms with Crippen LogP contribution in [0.15, 0.2) is 35.7 Å². The van der Waals surface area contributed by atoms with Gasteiger partial charge in [0, 0.05) is 4.88 Å². The van der Waals surface area contributed by atoms with E-state index < -0.39 is 11.7 Å². The van der Waals surface area contributed by atoms with E-state index in [2.05, 4.69) is 5.32 Å². The van der Waals surface area contributed by atoms with Crippen LogP contribution in [0.1, 0.15) is 28.2 Å². The predicted molar refractivity (Wildman–Crippen MR) is 71.6 cm³/mol. The van der Waals surface area contributed by atoms with Crippen LogP contribution in [0.4, 0.5) is 4.39 Å². The number of rotatable bonds is 3. The number of hydrogen-bond donors (Lipinski definition) is 1. The zero-order valence-corrected chi connectivity index (χ0v) is 11.2. The molecule has 1 amide bonds. The Labute approximate surface area is 113 Å². The molecule has 0 aliphatic rings. The molecule has 94 valence electrons. The Bertz CT molecular complexity index is 536. The van der Waals surface area contributed by atoms with Crippen molar-refractivity contribution in [2.75, 3.05) is 0 Å². The fourth-order valence-corrected chi connectivity index (χ4v) is 2.58. The molecule has 1 heterocycles. The average Bonchev–Trinajstić information content (AvgIpc) is 2.81. The van der Waals surface area contributed by atoms with Gasteiger partial charge in [-0.15, -0.1) is 11.3 Å². The second-order valence-corrected chi connectivity index (χ2v) is 5.19. The molecule has 1 atom stereocenters. The number of nitrogens with one attached hydrogen (secondary N) is 1. The first-order valence-corrected chi connectivity index (χ1v) is 6.63. The van der Waals surface area contributed by atoms with Gasteiger partial charge in [0.15, 0.2) is 0 Å². The molecule has 2 rings (SSSR count). The summed E-state index contributed by atoms with van der Waals surface area (Å²) in [6.07, 6.45) is 0. The van der Waals surface area contributed by atoms with E-state index in [0.29, 0.717) is 0 Å². The molecule has 0 saturated heterocycles. The first-order chi connectivity index (χ1) is 8.59. The topological polar surface area (TPSA) is 29.1 Å². The van der Waals surface area contributed by atoms with E-state index in [1.807, 2.05) is 24.4 Å². The van der Waals surface area contributed by atoms with E-state index in [1.54, 1.807) is 0 Å². The maximum absolute atomic E-state index is 13.6. The Hall–Kier alpha value is -1.39. The van der Waals surface area contributed by atoms with Gasteiger partial charge in [-0.05, 0) is 30.5 Å². The third kappa shape index (κ3) is 2.71. The summed E-state index contributed by atoms with van der Waals surface area (Å²) in [7, 11) is 0. The molecule has 0 aliphatic heterocycles. The molecule has 0 bridgehead atoms. The van der Waals surface area contributed by atoms with Crippen LogP contribution in [0, 0.1) is 5.82 Å². The summed E-state index contributed by atoms with van der Waals surface area (Å²) in [6, 6.07) is 7.83. The summed E-state index contributed by atoms with van der Waals surface area (Å²) in [5.74, 6) is -1.11. The van der Waals surface area contributed by atoms with Crippen LogP contribution >= 0.6 is 22.9 Å². The summed E-state index contributed by atoms with van der Waals surface area (Å²) in [4.78, 5) is 13.0. The van der Waals surface area contributed by atoms with Crippen molar-refractivity contribution >= 4 is 28.8 Å². The van der Waals surface area contributed by atoms with Crippen LogP contribution in [0.2, 0.25) is 5.02 Å². The van der Waals surface area contributed by atoms with Crippen LogP contribution in [0.25, 0.3) is 0 Å². The molecule has 0 aliphatic carbocycles. The second-order valence-electron chi connectivity index (χ2n) is 3.81. The molecule has 1 aromatic carbocycles. The van der Waals surface area contributed by atoms with E-state index in [0.717, 1.165) is 4.88 Å². The molecule has 1 aromatic heterocycles. The molecule has 2 aromatic rings. The van der Waals surface area contributed by atoms with Crippen LogP contribution < -0.4 is 5.32 Å². The van der Waals surface area contributed by atoms with Crippen LogP contribution in [-0.4, -0.2) is 5.91 Å². The zero-order valence-electron chi connectivity index (χ0n) is 9.61. The predicted octanol–water partition coefficient (Wildman–Crippen LogP) is 4.03. The highest BCUT2D eigenvalue weighted by atomic mass is 35.5. The highest BCUT2D eigenvalue weighted by Gasteiger charge is 2.18. The zero-order chi connectivity index (χ0) is 13.1. The first kappa shape index (κ1) is 13.1. The Balaban J connectivity index is 2.18. The Morgan fingerprint density at radius 2 is 2.17 bits per heavy atom. The van der Waals surface area contributed by atoms with Crippen molar-refractivity contribution in [1.29, 1.82) is 0 Å². The lowest BCUT2D eigenvalue weighted by atomic mass is 10.1. The lowest BCUT2D eigenvalue weighted by Crippen LogP contribution is -2.27. The molecular formula is C13H11ClFNOS. The Kier molecular flexibility index (Phi) is 3.99. The summed E-state index contributed by atoms with van der Waals surface area (Å²) in [5, 5.41) is 4.77. The van der Waals surface area contributed by atoms with E-state index in [-0.39, 0.29) is 16.6 Å². The highest BCUT2D eigenvalue weighted by molar-refractivity contribution is 7.10. The van der Waals surface area contributed by atoms with Crippen LogP contribution in [-0.2, 0) is 0 Å². The molecule has 1 unspecified atom stereocenters. The number of benzene rings is 1. The molecule has 18 heavy (non-hydrogen) atoms. The van der Waals surface area contributed by atoms with Crippen molar-refractivity contribution in [2.45, 2.75) is 13.0 Å². The maximum Gasteiger partial charge on any atom is 0.256 e. The van der Waals surface area contributed by atoms with Crippen LogP contribution in [0.3, 0.4) is 0 Å². The van der Waals surface area contributed by atoms with Crippen LogP contribution in [0.5, 0.6) is 0 Å². The molecule has 0 spiro atoms. The van der Waals surface area contributed by atoms with Gasteiger partial charge in [0.1, 0.15) is 5.82 Å². The molecule has 0 saturated carbocycles. The van der Waals surface area contributed by atoms with Gasteiger partial charge in [-0.1, -0.05) is 23.7 Å². The smallest absolute Gasteiger partial charge is 0.256 e. The van der Waals surface area contributed by atoms with E-state index in [1.165, 1.54) is 29.5 Å². The van der Waals surface area contributed by atoms with Crippen molar-refractivity contribution in [1.82, 2.24) is 5.32 Å². The number of amides is 1. The third-order valence-corrected chi connectivity index (χ3v) is 3.88. The maximum atomic E-state index is 13.6. The lowest BCUT2D eigenvalue weighted by Gasteiger charge is -2.13. The minimum absolute atomic E-state index is 0.109. The van der Waals surface area contributed by atoms with Crippen molar-refractivity contribution in [3.8, 4) is 0 Å². The van der Waals surface area contributed by atoms with E-state index in [4.69, 9.17) is 11.6 Å². The third-order valence-electron chi connectivity index (χ3n) is 2.51. The van der Waals surface area contributed by atoms with Crippen molar-refractivity contribution in [2.24, 2.45) is 0 Å². The van der Waals surface area contributed by atoms with Gasteiger partial charge in [0.25, 0.3) is 5.91 Å². The molecule has 0 radical (unpaired) electrons. The summed E-state index contributed by atoms with van der Waals surface area (Å²) < 4.78 is 13.6. The highest BCUT2D eigenvalue weighted by Crippen LogP contribution is 2.22. The average molecular weight is 284 g/mol. The van der Waals surface area contributed by atoms with Gasteiger partial charge in [-0.25, -0.2) is 4.39 Å². The molecule has 1 N–H and O–H groups in total. The standard InChI is InChI=1S/C13H11ClFNOS/c1-8(11-6-3-7-18-11)16-13(17)12-9(14)4-2-5-10(12)15/h2-8H,1H3,(H,16,17). The number of thiophene rings is 1. The first-order valence-electron chi connectivity index (χ1n) is 5.38. The van der Waals surface area contributed by atoms with Gasteiger partial charge in [0.2, 0.25) is 0 Å². The van der Waals surface area contributed by atoms with Gasteiger partial charge < -0.3 is 5.32 Å². The number of hydrogen-bond acceptors (Lipinski definition) is 2. The molecular weight excluding hydrogens is 273 g/mol. The number of carbonyl (C=O) groups is 1. The minimum Gasteiger partial charge on any atom is -0.345 e. The quantitative estimate of drug-likeness (QED) is 0.905. The van der Waals surface area contributed by atoms with Gasteiger partial charge in [-0.2, -0.15) is 0 Å². The summed E-state index contributed by atoms with van der Waals surface area (Å²) in [5.41, 5.74) is -0.109. The van der Waals surface area contributed by atoms with Crippen molar-refractivity contribution in [3.05, 3.63) is 57.0 Å². The fourth-order valence-electron chi connectivity index (χ4n) is 1.59. The van der Waals surface area contributed by atoms with Crippen molar-refractivity contribution < 1.29 is 9.18 Å². The normalized spacial score (nSPS) is 12.2. The van der Waals surface area contributed by atoms with Gasteiger partial charge in [0.05, 0.1) is 16.6 Å². The lowest BCUT2D eigenvalue weighted by molar-refractivity contribution is 0.0936. The minimum atomic E-state index is -0.613. The monoisotopic (exact) mass is 283 g/mol. The number of halogens is 2. The Morgan fingerprint density at radius 1 is 1.39 bits per heavy atom. The fraction of sp³-hybridized carbons (Fsp3) is 0.154. The van der Waals surface area contributed by atoms with Gasteiger partial charge >= 0.3 is 0 Å². The number of carbonyl (C=O) groups excluding carboxylic acids is 1. The SMILES string of the molecule is CC(NC(=O)c1c(F)cccc1Cl)c1cccs1. The molecule has 0 fully saturated rings. The molecule has 2 nitrogen and oxygen atoms in total. The largest absolute Gasteiger partial charge is 0.345 e. The van der Waals surface area contributed by atoms with Crippen molar-refractivity contribution in [3.63, 3.8) is 0 Å². The van der Waals surface area contributed by atoms with E-state index >= 15 is 0 Å². The van der Waals surface area contributed by atoms with Gasteiger partial charge in [-0.3, -0.25) is 4.79 Å². The summed E-state index contributed by atoms with van der Waals surface area (Å²) >= 11 is 7.37. The van der Waals surface area contributed by atoms with E-state index in [9.17, 15) is 9.18 Å². The second kappa shape index (κ2) is 5.50.